The lowest BCUT2D eigenvalue weighted by atomic mass is 9.79. The van der Waals surface area contributed by atoms with E-state index in [1.165, 1.54) is 5.56 Å². The summed E-state index contributed by atoms with van der Waals surface area (Å²) < 4.78 is 0. The van der Waals surface area contributed by atoms with Gasteiger partial charge in [-0.2, -0.15) is 0 Å². The van der Waals surface area contributed by atoms with Gasteiger partial charge in [0.05, 0.1) is 5.60 Å². The molecule has 2 unspecified atom stereocenters. The Morgan fingerprint density at radius 1 is 1.19 bits per heavy atom. The van der Waals surface area contributed by atoms with Crippen molar-refractivity contribution in [2.45, 2.75) is 52.1 Å². The summed E-state index contributed by atoms with van der Waals surface area (Å²) in [7, 11) is 0. The van der Waals surface area contributed by atoms with Crippen LogP contribution in [0.15, 0.2) is 30.3 Å². The van der Waals surface area contributed by atoms with Gasteiger partial charge in [0, 0.05) is 6.42 Å². The number of hydrogen-bond donors (Lipinski definition) is 1. The van der Waals surface area contributed by atoms with Crippen molar-refractivity contribution >= 4 is 0 Å². The summed E-state index contributed by atoms with van der Waals surface area (Å²) in [5, 5.41) is 10.7. The highest BCUT2D eigenvalue weighted by Crippen LogP contribution is 2.29. The molecule has 1 N–H and O–H groups in total. The average molecular weight is 220 g/mol. The van der Waals surface area contributed by atoms with Gasteiger partial charge in [-0.05, 0) is 24.3 Å². The monoisotopic (exact) mass is 220 g/mol. The van der Waals surface area contributed by atoms with E-state index >= 15 is 0 Å². The van der Waals surface area contributed by atoms with Crippen LogP contribution in [0.25, 0.3) is 0 Å². The molecule has 90 valence electrons. The first-order valence-corrected chi connectivity index (χ1v) is 6.38. The fourth-order valence-electron chi connectivity index (χ4n) is 2.30. The fourth-order valence-corrected chi connectivity index (χ4v) is 2.30. The van der Waals surface area contributed by atoms with Gasteiger partial charge >= 0.3 is 0 Å². The molecule has 1 nitrogen and oxygen atoms in total. The molecule has 0 bridgehead atoms. The SMILES string of the molecule is CCCC(C)C(O)(CC)Cc1ccccc1. The van der Waals surface area contributed by atoms with Crippen LogP contribution in [0.4, 0.5) is 0 Å². The summed E-state index contributed by atoms with van der Waals surface area (Å²) >= 11 is 0. The van der Waals surface area contributed by atoms with E-state index < -0.39 is 5.60 Å². The summed E-state index contributed by atoms with van der Waals surface area (Å²) in [6.07, 6.45) is 3.82. The molecule has 0 saturated carbocycles. The standard InChI is InChI=1S/C15H24O/c1-4-9-13(3)15(16,5-2)12-14-10-7-6-8-11-14/h6-8,10-11,13,16H,4-5,9,12H2,1-3H3. The van der Waals surface area contributed by atoms with E-state index in [1.807, 2.05) is 18.2 Å². The van der Waals surface area contributed by atoms with E-state index in [0.29, 0.717) is 5.92 Å². The molecular formula is C15H24O. The zero-order chi connectivity index (χ0) is 12.0. The molecule has 0 aromatic heterocycles. The van der Waals surface area contributed by atoms with E-state index in [2.05, 4.69) is 32.9 Å². The highest BCUT2D eigenvalue weighted by Gasteiger charge is 2.31. The van der Waals surface area contributed by atoms with Crippen LogP contribution < -0.4 is 0 Å². The smallest absolute Gasteiger partial charge is 0.0710 e. The number of rotatable bonds is 6. The molecule has 0 radical (unpaired) electrons. The van der Waals surface area contributed by atoms with Crippen molar-refractivity contribution in [2.24, 2.45) is 5.92 Å². The summed E-state index contributed by atoms with van der Waals surface area (Å²) in [5.74, 6) is 0.364. The Kier molecular flexibility index (Phi) is 5.01. The van der Waals surface area contributed by atoms with Crippen LogP contribution in [0.2, 0.25) is 0 Å². The van der Waals surface area contributed by atoms with Crippen LogP contribution >= 0.6 is 0 Å². The van der Waals surface area contributed by atoms with Gasteiger partial charge in [0.25, 0.3) is 0 Å². The van der Waals surface area contributed by atoms with Crippen LogP contribution in [-0.4, -0.2) is 10.7 Å². The first kappa shape index (κ1) is 13.2. The molecule has 1 rings (SSSR count). The van der Waals surface area contributed by atoms with Crippen LogP contribution in [0.1, 0.15) is 45.6 Å². The van der Waals surface area contributed by atoms with E-state index in [4.69, 9.17) is 0 Å². The fraction of sp³-hybridized carbons (Fsp3) is 0.600. The first-order chi connectivity index (χ1) is 7.62. The molecule has 1 heteroatoms. The summed E-state index contributed by atoms with van der Waals surface area (Å²) in [6.45, 7) is 6.42. The second-order valence-corrected chi connectivity index (χ2v) is 4.81. The van der Waals surface area contributed by atoms with Crippen LogP contribution in [0, 0.1) is 5.92 Å². The topological polar surface area (TPSA) is 20.2 Å². The van der Waals surface area contributed by atoms with Crippen molar-refractivity contribution in [3.63, 3.8) is 0 Å². The molecule has 0 amide bonds. The zero-order valence-electron chi connectivity index (χ0n) is 10.7. The molecule has 16 heavy (non-hydrogen) atoms. The third kappa shape index (κ3) is 3.34. The number of aliphatic hydroxyl groups is 1. The van der Waals surface area contributed by atoms with E-state index in [0.717, 1.165) is 25.7 Å². The minimum absolute atomic E-state index is 0.364. The molecule has 2 atom stereocenters. The maximum absolute atomic E-state index is 10.7. The second kappa shape index (κ2) is 6.05. The lowest BCUT2D eigenvalue weighted by Crippen LogP contribution is -2.38. The second-order valence-electron chi connectivity index (χ2n) is 4.81. The number of benzene rings is 1. The van der Waals surface area contributed by atoms with Gasteiger partial charge in [-0.15, -0.1) is 0 Å². The molecule has 0 heterocycles. The molecule has 0 saturated heterocycles. The van der Waals surface area contributed by atoms with Crippen molar-refractivity contribution < 1.29 is 5.11 Å². The molecule has 0 aliphatic carbocycles. The van der Waals surface area contributed by atoms with E-state index in [1.54, 1.807) is 0 Å². The molecule has 0 aliphatic heterocycles. The molecule has 0 fully saturated rings. The Hall–Kier alpha value is -0.820. The van der Waals surface area contributed by atoms with Gasteiger partial charge in [0.1, 0.15) is 0 Å². The zero-order valence-corrected chi connectivity index (χ0v) is 10.7. The average Bonchev–Trinajstić information content (AvgIpc) is 2.30. The highest BCUT2D eigenvalue weighted by molar-refractivity contribution is 5.17. The van der Waals surface area contributed by atoms with Crippen LogP contribution in [-0.2, 0) is 6.42 Å². The Bertz CT molecular complexity index is 294. The van der Waals surface area contributed by atoms with Gasteiger partial charge in [-0.3, -0.25) is 0 Å². The summed E-state index contributed by atoms with van der Waals surface area (Å²) in [6, 6.07) is 10.3. The maximum Gasteiger partial charge on any atom is 0.0710 e. The number of hydrogen-bond acceptors (Lipinski definition) is 1. The Morgan fingerprint density at radius 2 is 1.81 bits per heavy atom. The third-order valence-corrected chi connectivity index (χ3v) is 3.60. The largest absolute Gasteiger partial charge is 0.389 e. The van der Waals surface area contributed by atoms with Crippen molar-refractivity contribution in [3.8, 4) is 0 Å². The van der Waals surface area contributed by atoms with Gasteiger partial charge in [0.15, 0.2) is 0 Å². The minimum atomic E-state index is -0.544. The Labute approximate surface area is 99.5 Å². The van der Waals surface area contributed by atoms with Gasteiger partial charge in [-0.25, -0.2) is 0 Å². The molecule has 0 aliphatic rings. The molecule has 1 aromatic rings. The molecule has 0 spiro atoms. The van der Waals surface area contributed by atoms with Crippen molar-refractivity contribution in [1.82, 2.24) is 0 Å². The third-order valence-electron chi connectivity index (χ3n) is 3.60. The van der Waals surface area contributed by atoms with E-state index in [-0.39, 0.29) is 0 Å². The Balaban J connectivity index is 2.73. The predicted octanol–water partition coefficient (Wildman–Crippen LogP) is 3.81. The summed E-state index contributed by atoms with van der Waals surface area (Å²) in [5.41, 5.74) is 0.687. The first-order valence-electron chi connectivity index (χ1n) is 6.38. The van der Waals surface area contributed by atoms with Crippen molar-refractivity contribution in [1.29, 1.82) is 0 Å². The van der Waals surface area contributed by atoms with Crippen molar-refractivity contribution in [3.05, 3.63) is 35.9 Å². The van der Waals surface area contributed by atoms with E-state index in [9.17, 15) is 5.11 Å². The Morgan fingerprint density at radius 3 is 2.31 bits per heavy atom. The van der Waals surface area contributed by atoms with Crippen LogP contribution in [0.5, 0.6) is 0 Å². The van der Waals surface area contributed by atoms with Crippen molar-refractivity contribution in [2.75, 3.05) is 0 Å². The van der Waals surface area contributed by atoms with Gasteiger partial charge in [-0.1, -0.05) is 57.5 Å². The minimum Gasteiger partial charge on any atom is -0.389 e. The molecule has 1 aromatic carbocycles. The highest BCUT2D eigenvalue weighted by atomic mass is 16.3. The van der Waals surface area contributed by atoms with Gasteiger partial charge in [0.2, 0.25) is 0 Å². The molecular weight excluding hydrogens is 196 g/mol. The predicted molar refractivity (Wildman–Crippen MR) is 69.5 cm³/mol. The summed E-state index contributed by atoms with van der Waals surface area (Å²) in [4.78, 5) is 0. The van der Waals surface area contributed by atoms with Crippen LogP contribution in [0.3, 0.4) is 0 Å². The van der Waals surface area contributed by atoms with Gasteiger partial charge < -0.3 is 5.11 Å². The lowest BCUT2D eigenvalue weighted by Gasteiger charge is -2.33. The maximum atomic E-state index is 10.7. The normalized spacial score (nSPS) is 16.8. The quantitative estimate of drug-likeness (QED) is 0.773. The lowest BCUT2D eigenvalue weighted by molar-refractivity contribution is -0.0185.